The number of nitrogens with zero attached hydrogens (tertiary/aromatic N) is 3. The Kier molecular flexibility index (Phi) is 3.49. The lowest BCUT2D eigenvalue weighted by Crippen LogP contribution is -2.33. The zero-order chi connectivity index (χ0) is 15.0. The van der Waals surface area contributed by atoms with Crippen molar-refractivity contribution in [1.29, 1.82) is 0 Å². The fourth-order valence-electron chi connectivity index (χ4n) is 2.75. The van der Waals surface area contributed by atoms with Gasteiger partial charge < -0.3 is 5.11 Å². The van der Waals surface area contributed by atoms with Gasteiger partial charge in [0.05, 0.1) is 6.42 Å². The SMILES string of the molecule is CC1(C)Cc2ccccc2-c2nnc(SCCC(=O)O)n21. The highest BCUT2D eigenvalue weighted by atomic mass is 32.2. The Morgan fingerprint density at radius 3 is 2.90 bits per heavy atom. The number of hydrogen-bond donors (Lipinski definition) is 1. The average Bonchev–Trinajstić information content (AvgIpc) is 2.83. The second-order valence-electron chi connectivity index (χ2n) is 5.78. The molecule has 0 fully saturated rings. The van der Waals surface area contributed by atoms with E-state index in [2.05, 4.69) is 40.7 Å². The van der Waals surface area contributed by atoms with E-state index < -0.39 is 5.97 Å². The van der Waals surface area contributed by atoms with Gasteiger partial charge in [0.2, 0.25) is 0 Å². The maximum atomic E-state index is 10.7. The fraction of sp³-hybridized carbons (Fsp3) is 0.400. The minimum atomic E-state index is -0.787. The molecule has 1 N–H and O–H groups in total. The number of benzene rings is 1. The Labute approximate surface area is 127 Å². The van der Waals surface area contributed by atoms with Crippen molar-refractivity contribution in [2.75, 3.05) is 5.75 Å². The van der Waals surface area contributed by atoms with Crippen LogP contribution in [-0.4, -0.2) is 31.6 Å². The first-order valence-corrected chi connectivity index (χ1v) is 7.86. The first-order chi connectivity index (χ1) is 9.99. The van der Waals surface area contributed by atoms with E-state index in [1.165, 1.54) is 17.3 Å². The molecule has 0 saturated carbocycles. The second-order valence-corrected chi connectivity index (χ2v) is 6.84. The number of carboxylic acids is 1. The summed E-state index contributed by atoms with van der Waals surface area (Å²) in [7, 11) is 0. The summed E-state index contributed by atoms with van der Waals surface area (Å²) in [5.41, 5.74) is 2.29. The highest BCUT2D eigenvalue weighted by Gasteiger charge is 2.34. The van der Waals surface area contributed by atoms with Crippen molar-refractivity contribution < 1.29 is 9.90 Å². The summed E-state index contributed by atoms with van der Waals surface area (Å²) in [5, 5.41) is 18.2. The van der Waals surface area contributed by atoms with Crippen LogP contribution in [0.5, 0.6) is 0 Å². The van der Waals surface area contributed by atoms with Crippen molar-refractivity contribution in [3.05, 3.63) is 29.8 Å². The highest BCUT2D eigenvalue weighted by Crippen LogP contribution is 2.39. The van der Waals surface area contributed by atoms with Crippen LogP contribution in [0.25, 0.3) is 11.4 Å². The van der Waals surface area contributed by atoms with E-state index in [1.54, 1.807) is 0 Å². The van der Waals surface area contributed by atoms with Crippen LogP contribution in [0.1, 0.15) is 25.8 Å². The molecule has 1 aliphatic rings. The number of carbonyl (C=O) groups is 1. The van der Waals surface area contributed by atoms with Crippen LogP contribution in [0.4, 0.5) is 0 Å². The molecule has 1 aliphatic heterocycles. The smallest absolute Gasteiger partial charge is 0.304 e. The molecule has 0 unspecified atom stereocenters. The van der Waals surface area contributed by atoms with Gasteiger partial charge >= 0.3 is 5.97 Å². The van der Waals surface area contributed by atoms with E-state index in [1.807, 2.05) is 12.1 Å². The Morgan fingerprint density at radius 1 is 1.38 bits per heavy atom. The number of aromatic nitrogens is 3. The lowest BCUT2D eigenvalue weighted by molar-refractivity contribution is -0.136. The summed E-state index contributed by atoms with van der Waals surface area (Å²) < 4.78 is 2.14. The van der Waals surface area contributed by atoms with E-state index in [9.17, 15) is 4.79 Å². The van der Waals surface area contributed by atoms with E-state index in [0.717, 1.165) is 23.0 Å². The number of rotatable bonds is 4. The van der Waals surface area contributed by atoms with Gasteiger partial charge in [-0.1, -0.05) is 36.0 Å². The molecule has 0 atom stereocenters. The van der Waals surface area contributed by atoms with Crippen LogP contribution in [0, 0.1) is 0 Å². The van der Waals surface area contributed by atoms with Crippen molar-refractivity contribution in [1.82, 2.24) is 14.8 Å². The number of thioether (sulfide) groups is 1. The molecule has 0 aliphatic carbocycles. The number of hydrogen-bond acceptors (Lipinski definition) is 4. The van der Waals surface area contributed by atoms with E-state index in [4.69, 9.17) is 5.11 Å². The zero-order valence-corrected chi connectivity index (χ0v) is 12.9. The van der Waals surface area contributed by atoms with Crippen LogP contribution in [-0.2, 0) is 16.8 Å². The van der Waals surface area contributed by atoms with Gasteiger partial charge in [-0.25, -0.2) is 0 Å². The fourth-order valence-corrected chi connectivity index (χ4v) is 3.77. The molecule has 1 aromatic heterocycles. The van der Waals surface area contributed by atoms with Crippen LogP contribution in [0.3, 0.4) is 0 Å². The summed E-state index contributed by atoms with van der Waals surface area (Å²) >= 11 is 1.46. The summed E-state index contributed by atoms with van der Waals surface area (Å²) in [6.07, 6.45) is 1.05. The van der Waals surface area contributed by atoms with Gasteiger partial charge in [-0.2, -0.15) is 0 Å². The molecule has 21 heavy (non-hydrogen) atoms. The Hall–Kier alpha value is -1.82. The molecular formula is C15H17N3O2S. The average molecular weight is 303 g/mol. The molecule has 5 nitrogen and oxygen atoms in total. The third-order valence-corrected chi connectivity index (χ3v) is 4.60. The molecule has 3 rings (SSSR count). The first-order valence-electron chi connectivity index (χ1n) is 6.88. The Bertz CT molecular complexity index is 694. The highest BCUT2D eigenvalue weighted by molar-refractivity contribution is 7.99. The molecule has 0 bridgehead atoms. The molecule has 1 aromatic carbocycles. The summed E-state index contributed by atoms with van der Waals surface area (Å²) in [6.45, 7) is 4.33. The number of aliphatic carboxylic acids is 1. The largest absolute Gasteiger partial charge is 0.481 e. The van der Waals surface area contributed by atoms with E-state index in [0.29, 0.717) is 5.75 Å². The zero-order valence-electron chi connectivity index (χ0n) is 12.0. The summed E-state index contributed by atoms with van der Waals surface area (Å²) in [6, 6.07) is 8.25. The molecule has 110 valence electrons. The van der Waals surface area contributed by atoms with Gasteiger partial charge in [-0.15, -0.1) is 10.2 Å². The molecule has 0 radical (unpaired) electrons. The van der Waals surface area contributed by atoms with E-state index >= 15 is 0 Å². The van der Waals surface area contributed by atoms with Crippen LogP contribution >= 0.6 is 11.8 Å². The number of fused-ring (bicyclic) bond motifs is 3. The van der Waals surface area contributed by atoms with Crippen LogP contribution in [0.2, 0.25) is 0 Å². The normalized spacial score (nSPS) is 15.3. The van der Waals surface area contributed by atoms with Gasteiger partial charge in [-0.3, -0.25) is 9.36 Å². The van der Waals surface area contributed by atoms with Crippen LogP contribution in [0.15, 0.2) is 29.4 Å². The molecule has 6 heteroatoms. The van der Waals surface area contributed by atoms with Gasteiger partial charge in [-0.05, 0) is 25.8 Å². The third-order valence-electron chi connectivity index (χ3n) is 3.67. The monoisotopic (exact) mass is 303 g/mol. The second kappa shape index (κ2) is 5.18. The lowest BCUT2D eigenvalue weighted by atomic mass is 9.87. The summed E-state index contributed by atoms with van der Waals surface area (Å²) in [4.78, 5) is 10.7. The predicted octanol–water partition coefficient (Wildman–Crippen LogP) is 2.80. The maximum Gasteiger partial charge on any atom is 0.304 e. The first kappa shape index (κ1) is 14.1. The van der Waals surface area contributed by atoms with Gasteiger partial charge in [0.15, 0.2) is 11.0 Å². The molecular weight excluding hydrogens is 286 g/mol. The molecule has 2 heterocycles. The standard InChI is InChI=1S/C15H17N3O2S/c1-15(2)9-10-5-3-4-6-11(10)13-16-17-14(18(13)15)21-8-7-12(19)20/h3-6H,7-9H2,1-2H3,(H,19,20). The Morgan fingerprint density at radius 2 is 2.14 bits per heavy atom. The number of carboxylic acid groups (broad SMARTS) is 1. The Balaban J connectivity index is 1.98. The molecule has 2 aromatic rings. The van der Waals surface area contributed by atoms with Crippen molar-refractivity contribution >= 4 is 17.7 Å². The van der Waals surface area contributed by atoms with Crippen molar-refractivity contribution in [2.45, 2.75) is 37.4 Å². The lowest BCUT2D eigenvalue weighted by Gasteiger charge is -2.34. The van der Waals surface area contributed by atoms with Crippen molar-refractivity contribution in [3.8, 4) is 11.4 Å². The van der Waals surface area contributed by atoms with Gasteiger partial charge in [0.25, 0.3) is 0 Å². The molecule has 0 amide bonds. The van der Waals surface area contributed by atoms with Crippen molar-refractivity contribution in [2.24, 2.45) is 0 Å². The van der Waals surface area contributed by atoms with E-state index in [-0.39, 0.29) is 12.0 Å². The topological polar surface area (TPSA) is 68.0 Å². The minimum absolute atomic E-state index is 0.112. The van der Waals surface area contributed by atoms with Gasteiger partial charge in [0, 0.05) is 16.9 Å². The molecule has 0 saturated heterocycles. The third kappa shape index (κ3) is 2.55. The van der Waals surface area contributed by atoms with Crippen LogP contribution < -0.4 is 0 Å². The molecule has 0 spiro atoms. The summed E-state index contributed by atoms with van der Waals surface area (Å²) in [5.74, 6) is 0.593. The van der Waals surface area contributed by atoms with Crippen molar-refractivity contribution in [3.63, 3.8) is 0 Å². The maximum absolute atomic E-state index is 10.7. The van der Waals surface area contributed by atoms with Gasteiger partial charge in [0.1, 0.15) is 0 Å². The quantitative estimate of drug-likeness (QED) is 0.880. The minimum Gasteiger partial charge on any atom is -0.481 e. The predicted molar refractivity (Wildman–Crippen MR) is 81.5 cm³/mol.